The molecule has 0 aliphatic heterocycles. The lowest BCUT2D eigenvalue weighted by atomic mass is 9.97. The summed E-state index contributed by atoms with van der Waals surface area (Å²) in [4.78, 5) is 12.4. The Balaban J connectivity index is 1.14. The first-order valence-corrected chi connectivity index (χ1v) is 11.8. The summed E-state index contributed by atoms with van der Waals surface area (Å²) in [6.07, 6.45) is -0.454. The zero-order chi connectivity index (χ0) is 23.6. The molecule has 5 aromatic carbocycles. The van der Waals surface area contributed by atoms with Crippen LogP contribution in [-0.4, -0.2) is 19.2 Å². The number of hydrogen-bond acceptors (Lipinski definition) is 2. The van der Waals surface area contributed by atoms with Gasteiger partial charge in [0.05, 0.1) is 6.54 Å². The Bertz CT molecular complexity index is 1590. The van der Waals surface area contributed by atoms with Gasteiger partial charge in [-0.15, -0.1) is 0 Å². The molecule has 1 aliphatic carbocycles. The molecule has 3 nitrogen and oxygen atoms in total. The molecule has 0 saturated heterocycles. The Hall–Kier alpha value is -4.55. The molecule has 0 atom stereocenters. The van der Waals surface area contributed by atoms with Crippen molar-refractivity contribution in [2.45, 2.75) is 5.92 Å². The van der Waals surface area contributed by atoms with Crippen LogP contribution in [0.5, 0.6) is 0 Å². The van der Waals surface area contributed by atoms with E-state index < -0.39 is 6.09 Å². The molecule has 1 N–H and O–H groups in total. The molecule has 6 rings (SSSR count). The third kappa shape index (κ3) is 3.90. The van der Waals surface area contributed by atoms with E-state index in [1.807, 2.05) is 42.5 Å². The third-order valence-electron chi connectivity index (χ3n) is 6.66. The van der Waals surface area contributed by atoms with E-state index >= 15 is 0 Å². The second-order valence-electron chi connectivity index (χ2n) is 8.67. The Labute approximate surface area is 204 Å². The van der Waals surface area contributed by atoms with Crippen molar-refractivity contribution < 1.29 is 9.53 Å². The molecule has 0 saturated carbocycles. The Morgan fingerprint density at radius 1 is 0.743 bits per heavy atom. The molecule has 0 heterocycles. The average Bonchev–Trinajstić information content (AvgIpc) is 3.23. The van der Waals surface area contributed by atoms with Crippen molar-refractivity contribution in [3.8, 4) is 23.0 Å². The Kier molecular flexibility index (Phi) is 5.41. The van der Waals surface area contributed by atoms with Gasteiger partial charge in [0, 0.05) is 11.5 Å². The standard InChI is InChI=1S/C32H23NO2/c34-32(35-21-31-29-17-7-5-15-27(29)28-16-6-8-18-30(28)31)33-19-9-11-23-20-22-10-1-2-12-24(22)26-14-4-3-13-25(23)26/h1-8,10,12-18,20,31H,19,21H2,(H,33,34). The first-order valence-electron chi connectivity index (χ1n) is 11.8. The van der Waals surface area contributed by atoms with Gasteiger partial charge in [-0.25, -0.2) is 4.79 Å². The highest BCUT2D eigenvalue weighted by molar-refractivity contribution is 6.09. The van der Waals surface area contributed by atoms with Crippen molar-refractivity contribution >= 4 is 27.6 Å². The second kappa shape index (κ2) is 9.00. The lowest BCUT2D eigenvalue weighted by Gasteiger charge is -2.14. The summed E-state index contributed by atoms with van der Waals surface area (Å²) in [6, 6.07) is 35.3. The van der Waals surface area contributed by atoms with E-state index in [1.54, 1.807) is 0 Å². The molecular formula is C32H23NO2. The monoisotopic (exact) mass is 453 g/mol. The third-order valence-corrected chi connectivity index (χ3v) is 6.66. The highest BCUT2D eigenvalue weighted by atomic mass is 16.5. The Morgan fingerprint density at radius 3 is 2.09 bits per heavy atom. The summed E-state index contributed by atoms with van der Waals surface area (Å²) in [5.41, 5.74) is 5.78. The molecule has 3 heteroatoms. The van der Waals surface area contributed by atoms with E-state index in [9.17, 15) is 4.79 Å². The molecule has 0 fully saturated rings. The van der Waals surface area contributed by atoms with Gasteiger partial charge in [0.1, 0.15) is 6.61 Å². The molecular weight excluding hydrogens is 430 g/mol. The van der Waals surface area contributed by atoms with Crippen LogP contribution in [0.25, 0.3) is 32.7 Å². The molecule has 0 radical (unpaired) electrons. The van der Waals surface area contributed by atoms with Gasteiger partial charge in [0.25, 0.3) is 0 Å². The van der Waals surface area contributed by atoms with Gasteiger partial charge in [0.15, 0.2) is 0 Å². The highest BCUT2D eigenvalue weighted by Crippen LogP contribution is 2.44. The fraction of sp³-hybridized carbons (Fsp3) is 0.0938. The molecule has 0 spiro atoms. The lowest BCUT2D eigenvalue weighted by molar-refractivity contribution is 0.144. The Morgan fingerprint density at radius 2 is 1.34 bits per heavy atom. The van der Waals surface area contributed by atoms with Crippen LogP contribution in [0, 0.1) is 11.8 Å². The molecule has 0 aromatic heterocycles. The van der Waals surface area contributed by atoms with Crippen LogP contribution < -0.4 is 5.32 Å². The number of hydrogen-bond donors (Lipinski definition) is 1. The molecule has 0 bridgehead atoms. The van der Waals surface area contributed by atoms with Gasteiger partial charge in [-0.3, -0.25) is 0 Å². The van der Waals surface area contributed by atoms with Gasteiger partial charge in [0.2, 0.25) is 0 Å². The van der Waals surface area contributed by atoms with Crippen molar-refractivity contribution in [3.05, 3.63) is 120 Å². The molecule has 35 heavy (non-hydrogen) atoms. The largest absolute Gasteiger partial charge is 0.449 e. The van der Waals surface area contributed by atoms with Crippen LogP contribution in [-0.2, 0) is 4.74 Å². The maximum Gasteiger partial charge on any atom is 0.407 e. The summed E-state index contributed by atoms with van der Waals surface area (Å²) >= 11 is 0. The summed E-state index contributed by atoms with van der Waals surface area (Å²) in [5.74, 6) is 6.37. The number of carbonyl (C=O) groups is 1. The minimum Gasteiger partial charge on any atom is -0.449 e. The fourth-order valence-electron chi connectivity index (χ4n) is 5.06. The maximum absolute atomic E-state index is 12.4. The number of nitrogens with one attached hydrogen (secondary N) is 1. The summed E-state index contributed by atoms with van der Waals surface area (Å²) in [7, 11) is 0. The van der Waals surface area contributed by atoms with Crippen molar-refractivity contribution in [1.82, 2.24) is 5.32 Å². The summed E-state index contributed by atoms with van der Waals surface area (Å²) in [6.45, 7) is 0.514. The van der Waals surface area contributed by atoms with Gasteiger partial charge in [-0.05, 0) is 49.9 Å². The van der Waals surface area contributed by atoms with E-state index in [4.69, 9.17) is 4.74 Å². The van der Waals surface area contributed by atoms with Gasteiger partial charge in [-0.1, -0.05) is 109 Å². The average molecular weight is 454 g/mol. The zero-order valence-electron chi connectivity index (χ0n) is 19.1. The van der Waals surface area contributed by atoms with E-state index in [-0.39, 0.29) is 12.5 Å². The van der Waals surface area contributed by atoms with Crippen molar-refractivity contribution in [3.63, 3.8) is 0 Å². The number of benzene rings is 5. The van der Waals surface area contributed by atoms with Crippen molar-refractivity contribution in [2.24, 2.45) is 0 Å². The number of ether oxygens (including phenoxy) is 1. The summed E-state index contributed by atoms with van der Waals surface area (Å²) < 4.78 is 5.60. The number of fused-ring (bicyclic) bond motifs is 6. The minimum absolute atomic E-state index is 0.0446. The van der Waals surface area contributed by atoms with Gasteiger partial charge < -0.3 is 10.1 Å². The second-order valence-corrected chi connectivity index (χ2v) is 8.67. The van der Waals surface area contributed by atoms with Gasteiger partial charge in [-0.2, -0.15) is 0 Å². The number of carbonyl (C=O) groups excluding carboxylic acids is 1. The van der Waals surface area contributed by atoms with Gasteiger partial charge >= 0.3 is 6.09 Å². The molecule has 1 aliphatic rings. The van der Waals surface area contributed by atoms with Crippen molar-refractivity contribution in [2.75, 3.05) is 13.2 Å². The zero-order valence-corrected chi connectivity index (χ0v) is 19.1. The quantitative estimate of drug-likeness (QED) is 0.239. The van der Waals surface area contributed by atoms with Crippen molar-refractivity contribution in [1.29, 1.82) is 0 Å². The molecule has 168 valence electrons. The van der Waals surface area contributed by atoms with E-state index in [2.05, 4.69) is 77.8 Å². The maximum atomic E-state index is 12.4. The SMILES string of the molecule is O=C(NCC#Cc1cc2ccccc2c2ccccc12)OCC1c2ccccc2-c2ccccc21. The highest BCUT2D eigenvalue weighted by Gasteiger charge is 2.28. The molecule has 1 amide bonds. The normalized spacial score (nSPS) is 12.0. The lowest BCUT2D eigenvalue weighted by Crippen LogP contribution is -2.26. The number of rotatable bonds is 3. The predicted octanol–water partition coefficient (Wildman–Crippen LogP) is 6.88. The first kappa shape index (κ1) is 21.0. The van der Waals surface area contributed by atoms with E-state index in [0.717, 1.165) is 16.3 Å². The van der Waals surface area contributed by atoms with Crippen LogP contribution >= 0.6 is 0 Å². The van der Waals surface area contributed by atoms with E-state index in [1.165, 1.54) is 33.0 Å². The van der Waals surface area contributed by atoms with Crippen LogP contribution in [0.15, 0.2) is 103 Å². The fourth-order valence-corrected chi connectivity index (χ4v) is 5.06. The first-order chi connectivity index (χ1) is 17.3. The van der Waals surface area contributed by atoms with E-state index in [0.29, 0.717) is 6.61 Å². The predicted molar refractivity (Wildman–Crippen MR) is 141 cm³/mol. The molecule has 5 aromatic rings. The number of alkyl carbamates (subject to hydrolysis) is 1. The van der Waals surface area contributed by atoms with Crippen LogP contribution in [0.2, 0.25) is 0 Å². The van der Waals surface area contributed by atoms with Crippen LogP contribution in [0.4, 0.5) is 4.79 Å². The smallest absolute Gasteiger partial charge is 0.407 e. The summed E-state index contributed by atoms with van der Waals surface area (Å²) in [5, 5.41) is 7.43. The topological polar surface area (TPSA) is 38.3 Å². The number of amides is 1. The van der Waals surface area contributed by atoms with Crippen LogP contribution in [0.1, 0.15) is 22.6 Å². The minimum atomic E-state index is -0.454. The van der Waals surface area contributed by atoms with Crippen LogP contribution in [0.3, 0.4) is 0 Å². The molecule has 0 unspecified atom stereocenters.